The zero-order valence-corrected chi connectivity index (χ0v) is 22.8. The fourth-order valence-corrected chi connectivity index (χ4v) is 5.78. The van der Waals surface area contributed by atoms with Gasteiger partial charge in [0.25, 0.3) is 5.56 Å². The van der Waals surface area contributed by atoms with Crippen LogP contribution in [0, 0.1) is 0 Å². The number of anilines is 1. The number of nitrogens with one attached hydrogen (secondary N) is 1. The first-order valence-corrected chi connectivity index (χ1v) is 14.3. The molecule has 10 heteroatoms. The van der Waals surface area contributed by atoms with Gasteiger partial charge in [-0.25, -0.2) is 0 Å². The maximum Gasteiger partial charge on any atom is 0.252 e. The number of hydrogen-bond acceptors (Lipinski definition) is 9. The van der Waals surface area contributed by atoms with Gasteiger partial charge in [-0.3, -0.25) is 19.6 Å². The molecule has 1 aliphatic rings. The Kier molecular flexibility index (Phi) is 9.46. The third kappa shape index (κ3) is 6.96. The average Bonchev–Trinajstić information content (AvgIpc) is 3.45. The summed E-state index contributed by atoms with van der Waals surface area (Å²) >= 11 is 1.80. The number of rotatable bonds is 13. The van der Waals surface area contributed by atoms with Crippen molar-refractivity contribution in [1.82, 2.24) is 14.8 Å². The number of fused-ring (bicyclic) bond motifs is 2. The third-order valence-electron chi connectivity index (χ3n) is 7.08. The molecule has 1 saturated heterocycles. The van der Waals surface area contributed by atoms with Crippen LogP contribution in [0.25, 0.3) is 21.0 Å². The number of unbranched alkanes of at least 4 members (excludes halogenated alkanes) is 1. The third-order valence-corrected chi connectivity index (χ3v) is 7.96. The van der Waals surface area contributed by atoms with Crippen molar-refractivity contribution in [1.29, 1.82) is 0 Å². The molecule has 3 N–H and O–H groups in total. The number of thiophene rings is 1. The van der Waals surface area contributed by atoms with Crippen LogP contribution in [-0.2, 0) is 11.5 Å². The van der Waals surface area contributed by atoms with Crippen molar-refractivity contribution >= 4 is 38.0 Å². The Hall–Kier alpha value is -2.99. The number of pyridine rings is 1. The van der Waals surface area contributed by atoms with Crippen molar-refractivity contribution in [3.8, 4) is 5.75 Å². The number of aromatic nitrogens is 1. The summed E-state index contributed by atoms with van der Waals surface area (Å²) in [5.41, 5.74) is 1.79. The van der Waals surface area contributed by atoms with E-state index in [4.69, 9.17) is 14.6 Å². The van der Waals surface area contributed by atoms with Gasteiger partial charge in [-0.2, -0.15) is 0 Å². The van der Waals surface area contributed by atoms with Gasteiger partial charge in [0.2, 0.25) is 6.41 Å². The van der Waals surface area contributed by atoms with Gasteiger partial charge < -0.3 is 24.6 Å². The molecule has 1 aliphatic heterocycles. The van der Waals surface area contributed by atoms with Gasteiger partial charge in [0.05, 0.1) is 18.7 Å². The van der Waals surface area contributed by atoms with Gasteiger partial charge in [0, 0.05) is 60.6 Å². The molecule has 1 atom stereocenters. The molecular weight excluding hydrogens is 516 g/mol. The number of benzene rings is 2. The molecule has 3 heterocycles. The molecule has 0 amide bonds. The van der Waals surface area contributed by atoms with E-state index in [1.807, 2.05) is 18.2 Å². The minimum Gasteiger partial charge on any atom is -0.494 e. The molecule has 9 nitrogen and oxygen atoms in total. The average molecular weight is 553 g/mol. The Bertz CT molecular complexity index is 1420. The van der Waals surface area contributed by atoms with Crippen molar-refractivity contribution < 1.29 is 19.7 Å². The molecule has 0 saturated carbocycles. The molecule has 5 rings (SSSR count). The maximum absolute atomic E-state index is 12.5. The predicted octanol–water partition coefficient (Wildman–Crippen LogP) is 3.03. The second-order valence-corrected chi connectivity index (χ2v) is 10.6. The molecule has 0 spiro atoms. The predicted molar refractivity (Wildman–Crippen MR) is 156 cm³/mol. The van der Waals surface area contributed by atoms with Crippen molar-refractivity contribution in [3.05, 3.63) is 70.3 Å². The first-order chi connectivity index (χ1) is 19.1. The van der Waals surface area contributed by atoms with E-state index in [9.17, 15) is 9.90 Å². The normalized spacial score (nSPS) is 15.3. The van der Waals surface area contributed by atoms with Gasteiger partial charge in [-0.05, 0) is 66.6 Å². The zero-order valence-electron chi connectivity index (χ0n) is 22.0. The standard InChI is InChI=1S/C29H36N4O5S/c34-17-11-30-29(36)38-21-33-26-20-23(8-6-22(26)7-9-28(33)35)37-18-2-1-12-31-13-15-32(16-14-31)25-4-3-5-27-24(25)10-19-39-27/h3-10,19-20,29-30,34,36H,1-2,11-18,21H2. The highest BCUT2D eigenvalue weighted by Crippen LogP contribution is 2.31. The van der Waals surface area contributed by atoms with Gasteiger partial charge in [-0.1, -0.05) is 6.07 Å². The van der Waals surface area contributed by atoms with Gasteiger partial charge >= 0.3 is 0 Å². The lowest BCUT2D eigenvalue weighted by molar-refractivity contribution is -0.144. The van der Waals surface area contributed by atoms with E-state index in [1.165, 1.54) is 26.4 Å². The summed E-state index contributed by atoms with van der Waals surface area (Å²) in [5.74, 6) is 0.692. The first-order valence-electron chi connectivity index (χ1n) is 13.5. The molecule has 2 aromatic heterocycles. The van der Waals surface area contributed by atoms with Crippen molar-refractivity contribution in [2.24, 2.45) is 0 Å². The molecule has 1 fully saturated rings. The first kappa shape index (κ1) is 27.6. The lowest BCUT2D eigenvalue weighted by Crippen LogP contribution is -2.46. The summed E-state index contributed by atoms with van der Waals surface area (Å²) in [5, 5.41) is 25.7. The van der Waals surface area contributed by atoms with Crippen LogP contribution >= 0.6 is 11.3 Å². The highest BCUT2D eigenvalue weighted by Gasteiger charge is 2.18. The van der Waals surface area contributed by atoms with Gasteiger partial charge in [0.1, 0.15) is 12.5 Å². The van der Waals surface area contributed by atoms with Crippen LogP contribution < -0.4 is 20.5 Å². The fourth-order valence-electron chi connectivity index (χ4n) is 4.98. The minimum atomic E-state index is -1.28. The van der Waals surface area contributed by atoms with Crippen molar-refractivity contribution in [2.45, 2.75) is 26.0 Å². The van der Waals surface area contributed by atoms with E-state index >= 15 is 0 Å². The van der Waals surface area contributed by atoms with Crippen LogP contribution in [-0.4, -0.2) is 78.6 Å². The number of aliphatic hydroxyl groups is 2. The zero-order chi connectivity index (χ0) is 27.0. The monoisotopic (exact) mass is 552 g/mol. The summed E-state index contributed by atoms with van der Waals surface area (Å²) < 4.78 is 14.1. The van der Waals surface area contributed by atoms with E-state index in [-0.39, 0.29) is 25.4 Å². The number of ether oxygens (including phenoxy) is 2. The Morgan fingerprint density at radius 2 is 1.87 bits per heavy atom. The second kappa shape index (κ2) is 13.4. The van der Waals surface area contributed by atoms with E-state index in [0.29, 0.717) is 17.9 Å². The van der Waals surface area contributed by atoms with Crippen LogP contribution in [0.15, 0.2) is 64.8 Å². The van der Waals surface area contributed by atoms with Crippen molar-refractivity contribution in [2.75, 3.05) is 57.4 Å². The van der Waals surface area contributed by atoms with Crippen LogP contribution in [0.2, 0.25) is 0 Å². The number of piperazine rings is 1. The van der Waals surface area contributed by atoms with Crippen LogP contribution in [0.1, 0.15) is 12.8 Å². The maximum atomic E-state index is 12.5. The van der Waals surface area contributed by atoms with Gasteiger partial charge in [0.15, 0.2) is 0 Å². The Labute approximate surface area is 231 Å². The number of aliphatic hydroxyl groups excluding tert-OH is 2. The van der Waals surface area contributed by atoms with E-state index in [2.05, 4.69) is 44.8 Å². The fraction of sp³-hybridized carbons (Fsp3) is 0.414. The van der Waals surface area contributed by atoms with Gasteiger partial charge in [-0.15, -0.1) is 11.3 Å². The van der Waals surface area contributed by atoms with E-state index in [1.54, 1.807) is 17.4 Å². The summed E-state index contributed by atoms with van der Waals surface area (Å²) in [4.78, 5) is 17.5. The highest BCUT2D eigenvalue weighted by molar-refractivity contribution is 7.17. The smallest absolute Gasteiger partial charge is 0.252 e. The Balaban J connectivity index is 1.07. The van der Waals surface area contributed by atoms with Crippen molar-refractivity contribution in [3.63, 3.8) is 0 Å². The Morgan fingerprint density at radius 1 is 1.03 bits per heavy atom. The second-order valence-electron chi connectivity index (χ2n) is 9.64. The topological polar surface area (TPSA) is 99.4 Å². The summed E-state index contributed by atoms with van der Waals surface area (Å²) in [6.45, 7) is 5.81. The molecule has 2 aromatic carbocycles. The highest BCUT2D eigenvalue weighted by atomic mass is 32.1. The molecule has 39 heavy (non-hydrogen) atoms. The molecule has 0 radical (unpaired) electrons. The Morgan fingerprint density at radius 3 is 2.72 bits per heavy atom. The van der Waals surface area contributed by atoms with E-state index in [0.717, 1.165) is 51.0 Å². The number of nitrogens with zero attached hydrogens (tertiary/aromatic N) is 3. The van der Waals surface area contributed by atoms with E-state index < -0.39 is 6.41 Å². The van der Waals surface area contributed by atoms with Crippen LogP contribution in [0.4, 0.5) is 5.69 Å². The lowest BCUT2D eigenvalue weighted by atomic mass is 10.2. The summed E-state index contributed by atoms with van der Waals surface area (Å²) in [7, 11) is 0. The molecule has 0 bridgehead atoms. The lowest BCUT2D eigenvalue weighted by Gasteiger charge is -2.36. The number of hydrogen-bond donors (Lipinski definition) is 3. The molecule has 0 aliphatic carbocycles. The molecular formula is C29H36N4O5S. The summed E-state index contributed by atoms with van der Waals surface area (Å²) in [6, 6.07) is 17.7. The van der Waals surface area contributed by atoms with Crippen LogP contribution in [0.5, 0.6) is 5.75 Å². The molecule has 208 valence electrons. The van der Waals surface area contributed by atoms with Crippen LogP contribution in [0.3, 0.4) is 0 Å². The molecule has 4 aromatic rings. The summed E-state index contributed by atoms with van der Waals surface area (Å²) in [6.07, 6.45) is 0.724. The largest absolute Gasteiger partial charge is 0.494 e. The quantitative estimate of drug-likeness (QED) is 0.172. The molecule has 1 unspecified atom stereocenters. The SMILES string of the molecule is O=c1ccc2ccc(OCCCCN3CCN(c4cccc5sccc45)CC3)cc2n1COC(O)NCCO. The minimum absolute atomic E-state index is 0.126.